The van der Waals surface area contributed by atoms with Gasteiger partial charge in [0.05, 0.1) is 17.5 Å². The Bertz CT molecular complexity index is 796. The summed E-state index contributed by atoms with van der Waals surface area (Å²) in [5.41, 5.74) is -0.394. The SMILES string of the molecule is O=c1cc(-c2ccco2)[nH]n1-c1ccc(C(F)(F)F)cc1. The first-order valence-corrected chi connectivity index (χ1v) is 5.99. The Balaban J connectivity index is 2.00. The fourth-order valence-electron chi connectivity index (χ4n) is 1.95. The number of hydrogen-bond acceptors (Lipinski definition) is 2. The molecule has 0 aliphatic heterocycles. The van der Waals surface area contributed by atoms with E-state index < -0.39 is 11.7 Å². The summed E-state index contributed by atoms with van der Waals surface area (Å²) in [7, 11) is 0. The van der Waals surface area contributed by atoms with E-state index in [1.165, 1.54) is 24.5 Å². The molecule has 0 saturated heterocycles. The van der Waals surface area contributed by atoms with Gasteiger partial charge in [0.2, 0.25) is 0 Å². The van der Waals surface area contributed by atoms with Crippen LogP contribution in [0.3, 0.4) is 0 Å². The maximum atomic E-state index is 12.5. The van der Waals surface area contributed by atoms with Gasteiger partial charge in [0.25, 0.3) is 5.56 Å². The Morgan fingerprint density at radius 1 is 1.10 bits per heavy atom. The molecule has 0 radical (unpaired) electrons. The van der Waals surface area contributed by atoms with Gasteiger partial charge in [-0.2, -0.15) is 13.2 Å². The van der Waals surface area contributed by atoms with E-state index in [2.05, 4.69) is 5.10 Å². The molecule has 0 bridgehead atoms. The molecule has 0 atom stereocenters. The molecule has 1 N–H and O–H groups in total. The van der Waals surface area contributed by atoms with Crippen molar-refractivity contribution in [3.8, 4) is 17.1 Å². The molecular weight excluding hydrogens is 285 g/mol. The van der Waals surface area contributed by atoms with Crippen molar-refractivity contribution in [1.82, 2.24) is 9.78 Å². The lowest BCUT2D eigenvalue weighted by molar-refractivity contribution is -0.137. The van der Waals surface area contributed by atoms with Gasteiger partial charge < -0.3 is 4.42 Å². The summed E-state index contributed by atoms with van der Waals surface area (Å²) in [4.78, 5) is 11.9. The second-order valence-electron chi connectivity index (χ2n) is 4.37. The van der Waals surface area contributed by atoms with Crippen LogP contribution in [-0.2, 0) is 6.18 Å². The van der Waals surface area contributed by atoms with Gasteiger partial charge in [0, 0.05) is 6.07 Å². The monoisotopic (exact) mass is 294 g/mol. The minimum absolute atomic E-state index is 0.311. The number of halogens is 3. The van der Waals surface area contributed by atoms with Crippen LogP contribution in [-0.4, -0.2) is 9.78 Å². The van der Waals surface area contributed by atoms with Crippen molar-refractivity contribution in [3.63, 3.8) is 0 Å². The minimum atomic E-state index is -4.40. The summed E-state index contributed by atoms with van der Waals surface area (Å²) < 4.78 is 43.8. The van der Waals surface area contributed by atoms with Crippen LogP contribution in [0, 0.1) is 0 Å². The predicted molar refractivity (Wildman–Crippen MR) is 69.1 cm³/mol. The summed E-state index contributed by atoms with van der Waals surface area (Å²) in [6.45, 7) is 0. The molecule has 3 rings (SSSR count). The molecule has 108 valence electrons. The zero-order valence-electron chi connectivity index (χ0n) is 10.5. The third kappa shape index (κ3) is 2.49. The second kappa shape index (κ2) is 4.69. The molecule has 0 fully saturated rings. The highest BCUT2D eigenvalue weighted by Crippen LogP contribution is 2.29. The lowest BCUT2D eigenvalue weighted by Crippen LogP contribution is -2.14. The van der Waals surface area contributed by atoms with Crippen molar-refractivity contribution in [2.75, 3.05) is 0 Å². The number of rotatable bonds is 2. The Morgan fingerprint density at radius 2 is 1.81 bits per heavy atom. The Labute approximate surface area is 116 Å². The van der Waals surface area contributed by atoms with Gasteiger partial charge in [0.1, 0.15) is 5.69 Å². The number of aromatic amines is 1. The summed E-state index contributed by atoms with van der Waals surface area (Å²) in [6, 6.07) is 8.96. The fraction of sp³-hybridized carbons (Fsp3) is 0.0714. The molecule has 3 aromatic rings. The molecule has 7 heteroatoms. The van der Waals surface area contributed by atoms with Crippen LogP contribution in [0.1, 0.15) is 5.56 Å². The van der Waals surface area contributed by atoms with Crippen molar-refractivity contribution >= 4 is 0 Å². The number of nitrogens with zero attached hydrogens (tertiary/aromatic N) is 1. The molecule has 0 saturated carbocycles. The average molecular weight is 294 g/mol. The van der Waals surface area contributed by atoms with Crippen LogP contribution < -0.4 is 5.56 Å². The largest absolute Gasteiger partial charge is 0.463 e. The maximum Gasteiger partial charge on any atom is 0.416 e. The zero-order chi connectivity index (χ0) is 15.0. The summed E-state index contributed by atoms with van der Waals surface area (Å²) in [5, 5.41) is 2.79. The number of aromatic nitrogens is 2. The third-order valence-electron chi connectivity index (χ3n) is 2.96. The van der Waals surface area contributed by atoms with Gasteiger partial charge in [-0.25, -0.2) is 4.68 Å². The predicted octanol–water partition coefficient (Wildman–Crippen LogP) is 3.44. The first-order valence-electron chi connectivity index (χ1n) is 5.99. The Kier molecular flexibility index (Phi) is 2.97. The number of furan rings is 1. The molecule has 2 heterocycles. The van der Waals surface area contributed by atoms with Crippen LogP contribution in [0.5, 0.6) is 0 Å². The molecule has 0 amide bonds. The van der Waals surface area contributed by atoms with E-state index in [0.29, 0.717) is 17.1 Å². The van der Waals surface area contributed by atoms with Gasteiger partial charge >= 0.3 is 6.18 Å². The maximum absolute atomic E-state index is 12.5. The van der Waals surface area contributed by atoms with E-state index in [4.69, 9.17) is 4.42 Å². The molecule has 2 aromatic heterocycles. The molecule has 0 unspecified atom stereocenters. The van der Waals surface area contributed by atoms with Crippen molar-refractivity contribution in [1.29, 1.82) is 0 Å². The summed E-state index contributed by atoms with van der Waals surface area (Å²) in [5.74, 6) is 0.470. The highest BCUT2D eigenvalue weighted by atomic mass is 19.4. The van der Waals surface area contributed by atoms with Gasteiger partial charge in [0.15, 0.2) is 5.76 Å². The van der Waals surface area contributed by atoms with Gasteiger partial charge in [-0.15, -0.1) is 0 Å². The second-order valence-corrected chi connectivity index (χ2v) is 4.37. The molecule has 4 nitrogen and oxygen atoms in total. The highest BCUT2D eigenvalue weighted by Gasteiger charge is 2.30. The fourth-order valence-corrected chi connectivity index (χ4v) is 1.95. The van der Waals surface area contributed by atoms with E-state index in [1.807, 2.05) is 0 Å². The molecule has 1 aromatic carbocycles. The number of alkyl halides is 3. The van der Waals surface area contributed by atoms with Crippen molar-refractivity contribution in [2.24, 2.45) is 0 Å². The van der Waals surface area contributed by atoms with E-state index >= 15 is 0 Å². The molecule has 0 spiro atoms. The lowest BCUT2D eigenvalue weighted by atomic mass is 10.2. The van der Waals surface area contributed by atoms with Crippen molar-refractivity contribution < 1.29 is 17.6 Å². The number of benzene rings is 1. The van der Waals surface area contributed by atoms with Gasteiger partial charge in [-0.05, 0) is 36.4 Å². The van der Waals surface area contributed by atoms with Crippen LogP contribution in [0.2, 0.25) is 0 Å². The lowest BCUT2D eigenvalue weighted by Gasteiger charge is -2.07. The topological polar surface area (TPSA) is 50.9 Å². The first kappa shape index (κ1) is 13.3. The van der Waals surface area contributed by atoms with Crippen LogP contribution in [0.15, 0.2) is 57.9 Å². The number of H-pyrrole nitrogens is 1. The highest BCUT2D eigenvalue weighted by molar-refractivity contribution is 5.51. The molecule has 21 heavy (non-hydrogen) atoms. The quantitative estimate of drug-likeness (QED) is 0.787. The van der Waals surface area contributed by atoms with E-state index in [0.717, 1.165) is 16.8 Å². The molecular formula is C14H9F3N2O2. The molecule has 0 aliphatic carbocycles. The van der Waals surface area contributed by atoms with E-state index in [-0.39, 0.29) is 5.56 Å². The van der Waals surface area contributed by atoms with Crippen molar-refractivity contribution in [3.05, 3.63) is 64.6 Å². The minimum Gasteiger partial charge on any atom is -0.463 e. The molecule has 0 aliphatic rings. The normalized spacial score (nSPS) is 11.8. The third-order valence-corrected chi connectivity index (χ3v) is 2.96. The Hall–Kier alpha value is -2.70. The zero-order valence-corrected chi connectivity index (χ0v) is 10.5. The standard InChI is InChI=1S/C14H9F3N2O2/c15-14(16,17)9-3-5-10(6-4-9)19-13(20)8-11(18-19)12-2-1-7-21-12/h1-8,18H. The first-order chi connectivity index (χ1) is 9.95. The summed E-state index contributed by atoms with van der Waals surface area (Å²) >= 11 is 0. The van der Waals surface area contributed by atoms with Gasteiger partial charge in [-0.1, -0.05) is 0 Å². The van der Waals surface area contributed by atoms with Gasteiger partial charge in [-0.3, -0.25) is 9.89 Å². The van der Waals surface area contributed by atoms with E-state index in [1.54, 1.807) is 12.1 Å². The van der Waals surface area contributed by atoms with Crippen LogP contribution in [0.4, 0.5) is 13.2 Å². The summed E-state index contributed by atoms with van der Waals surface area (Å²) in [6.07, 6.45) is -2.94. The average Bonchev–Trinajstić information content (AvgIpc) is 3.07. The van der Waals surface area contributed by atoms with Crippen LogP contribution >= 0.6 is 0 Å². The van der Waals surface area contributed by atoms with Crippen molar-refractivity contribution in [2.45, 2.75) is 6.18 Å². The van der Waals surface area contributed by atoms with E-state index in [9.17, 15) is 18.0 Å². The smallest absolute Gasteiger partial charge is 0.416 e. The number of hydrogen-bond donors (Lipinski definition) is 1. The Morgan fingerprint density at radius 3 is 2.38 bits per heavy atom. The number of nitrogens with one attached hydrogen (secondary N) is 1. The van der Waals surface area contributed by atoms with Crippen LogP contribution in [0.25, 0.3) is 17.1 Å².